The first kappa shape index (κ1) is 9.83. The molecule has 0 radical (unpaired) electrons. The molecule has 0 bridgehead atoms. The van der Waals surface area contributed by atoms with E-state index in [1.807, 2.05) is 6.20 Å². The van der Waals surface area contributed by atoms with E-state index in [2.05, 4.69) is 23.9 Å². The molecular formula is C11H13N3O. The lowest BCUT2D eigenvalue weighted by Crippen LogP contribution is -1.98. The van der Waals surface area contributed by atoms with Crippen molar-refractivity contribution in [3.8, 4) is 0 Å². The average Bonchev–Trinajstić information content (AvgIpc) is 2.59. The summed E-state index contributed by atoms with van der Waals surface area (Å²) < 4.78 is 1.66. The van der Waals surface area contributed by atoms with Gasteiger partial charge in [0.2, 0.25) is 0 Å². The zero-order chi connectivity index (χ0) is 11.0. The minimum atomic E-state index is -0.00482. The summed E-state index contributed by atoms with van der Waals surface area (Å²) in [6.45, 7) is 5.71. The van der Waals surface area contributed by atoms with Crippen molar-refractivity contribution in [2.24, 2.45) is 0 Å². The van der Waals surface area contributed by atoms with Crippen molar-refractivity contribution in [2.75, 3.05) is 0 Å². The number of nitrogens with zero attached hydrogens (tertiary/aromatic N) is 3. The molecule has 0 aliphatic carbocycles. The smallest absolute Gasteiger partial charge is 0.165 e. The number of hydrogen-bond donors (Lipinski definition) is 0. The van der Waals surface area contributed by atoms with Crippen LogP contribution < -0.4 is 0 Å². The average molecular weight is 203 g/mol. The van der Waals surface area contributed by atoms with Crippen LogP contribution in [0.4, 0.5) is 0 Å². The molecule has 0 aliphatic heterocycles. The van der Waals surface area contributed by atoms with Crippen LogP contribution in [0.2, 0.25) is 0 Å². The van der Waals surface area contributed by atoms with Gasteiger partial charge < -0.3 is 0 Å². The summed E-state index contributed by atoms with van der Waals surface area (Å²) in [4.78, 5) is 15.5. The van der Waals surface area contributed by atoms with E-state index in [0.717, 1.165) is 5.56 Å². The summed E-state index contributed by atoms with van der Waals surface area (Å²) in [7, 11) is 0. The second-order valence-electron chi connectivity index (χ2n) is 3.92. The van der Waals surface area contributed by atoms with Gasteiger partial charge in [0.1, 0.15) is 0 Å². The Kier molecular flexibility index (Phi) is 2.26. The van der Waals surface area contributed by atoms with Gasteiger partial charge in [0.25, 0.3) is 0 Å². The summed E-state index contributed by atoms with van der Waals surface area (Å²) in [6.07, 6.45) is 5.28. The molecule has 0 unspecified atom stereocenters. The van der Waals surface area contributed by atoms with Gasteiger partial charge in [-0.2, -0.15) is 5.10 Å². The van der Waals surface area contributed by atoms with E-state index in [-0.39, 0.29) is 5.78 Å². The molecule has 0 atom stereocenters. The highest BCUT2D eigenvalue weighted by atomic mass is 16.1. The van der Waals surface area contributed by atoms with Gasteiger partial charge >= 0.3 is 0 Å². The largest absolute Gasteiger partial charge is 0.294 e. The maximum absolute atomic E-state index is 11.2. The number of Topliss-reactive ketones (excluding diaryl/α,β-unsaturated/α-hetero) is 1. The van der Waals surface area contributed by atoms with E-state index < -0.39 is 0 Å². The van der Waals surface area contributed by atoms with Gasteiger partial charge in [0.05, 0.1) is 11.8 Å². The third-order valence-electron chi connectivity index (χ3n) is 2.42. The predicted molar refractivity (Wildman–Crippen MR) is 57.1 cm³/mol. The minimum absolute atomic E-state index is 0.00482. The van der Waals surface area contributed by atoms with Crippen molar-refractivity contribution in [3.63, 3.8) is 0 Å². The number of hydrogen-bond acceptors (Lipinski definition) is 3. The van der Waals surface area contributed by atoms with E-state index in [9.17, 15) is 4.79 Å². The molecule has 2 heterocycles. The maximum atomic E-state index is 11.2. The number of fused-ring (bicyclic) bond motifs is 1. The van der Waals surface area contributed by atoms with E-state index in [1.165, 1.54) is 6.92 Å². The van der Waals surface area contributed by atoms with Gasteiger partial charge in [-0.15, -0.1) is 0 Å². The topological polar surface area (TPSA) is 47.3 Å². The molecule has 78 valence electrons. The van der Waals surface area contributed by atoms with E-state index >= 15 is 0 Å². The number of carbonyl (C=O) groups excluding carboxylic acids is 1. The summed E-state index contributed by atoms with van der Waals surface area (Å²) in [6, 6.07) is 0. The summed E-state index contributed by atoms with van der Waals surface area (Å²) >= 11 is 0. The van der Waals surface area contributed by atoms with Gasteiger partial charge in [-0.1, -0.05) is 13.8 Å². The molecule has 4 heteroatoms. The number of ketones is 1. The van der Waals surface area contributed by atoms with E-state index in [4.69, 9.17) is 0 Å². The van der Waals surface area contributed by atoms with Crippen LogP contribution in [0.15, 0.2) is 18.6 Å². The van der Waals surface area contributed by atoms with Crippen molar-refractivity contribution in [1.82, 2.24) is 14.6 Å². The van der Waals surface area contributed by atoms with Gasteiger partial charge in [-0.05, 0) is 18.4 Å². The quantitative estimate of drug-likeness (QED) is 0.702. The predicted octanol–water partition coefficient (Wildman–Crippen LogP) is 2.06. The molecule has 0 saturated heterocycles. The third-order valence-corrected chi connectivity index (χ3v) is 2.42. The van der Waals surface area contributed by atoms with Crippen LogP contribution in [0.5, 0.6) is 0 Å². The normalized spacial score (nSPS) is 11.2. The molecule has 2 rings (SSSR count). The fourth-order valence-electron chi connectivity index (χ4n) is 1.44. The molecule has 0 aromatic carbocycles. The van der Waals surface area contributed by atoms with Crippen LogP contribution in [0.1, 0.15) is 42.6 Å². The van der Waals surface area contributed by atoms with Crippen LogP contribution in [-0.2, 0) is 0 Å². The Morgan fingerprint density at radius 1 is 1.40 bits per heavy atom. The lowest BCUT2D eigenvalue weighted by Gasteiger charge is -2.04. The summed E-state index contributed by atoms with van der Waals surface area (Å²) in [5, 5.41) is 4.12. The second kappa shape index (κ2) is 3.46. The molecular weight excluding hydrogens is 190 g/mol. The van der Waals surface area contributed by atoms with Crippen LogP contribution in [0, 0.1) is 0 Å². The highest BCUT2D eigenvalue weighted by molar-refractivity contribution is 5.99. The number of rotatable bonds is 2. The molecule has 2 aromatic heterocycles. The molecule has 15 heavy (non-hydrogen) atoms. The van der Waals surface area contributed by atoms with Gasteiger partial charge in [0, 0.05) is 12.4 Å². The van der Waals surface area contributed by atoms with Crippen molar-refractivity contribution in [3.05, 3.63) is 29.7 Å². The van der Waals surface area contributed by atoms with Crippen LogP contribution in [-0.4, -0.2) is 20.4 Å². The number of carbonyl (C=O) groups is 1. The monoisotopic (exact) mass is 203 g/mol. The van der Waals surface area contributed by atoms with Gasteiger partial charge in [-0.3, -0.25) is 4.79 Å². The standard InChI is InChI=1S/C11H13N3O/c1-7(2)9-4-12-11-10(8(3)15)5-13-14(11)6-9/h4-7H,1-3H3. The van der Waals surface area contributed by atoms with Crippen molar-refractivity contribution >= 4 is 11.4 Å². The molecule has 0 spiro atoms. The Balaban J connectivity index is 2.61. The third kappa shape index (κ3) is 1.63. The molecule has 0 amide bonds. The zero-order valence-corrected chi connectivity index (χ0v) is 9.06. The molecule has 2 aromatic rings. The second-order valence-corrected chi connectivity index (χ2v) is 3.92. The van der Waals surface area contributed by atoms with Crippen LogP contribution in [0.25, 0.3) is 5.65 Å². The van der Waals surface area contributed by atoms with E-state index in [0.29, 0.717) is 17.1 Å². The Labute approximate surface area is 87.9 Å². The molecule has 4 nitrogen and oxygen atoms in total. The number of aromatic nitrogens is 3. The zero-order valence-electron chi connectivity index (χ0n) is 9.06. The van der Waals surface area contributed by atoms with Crippen LogP contribution >= 0.6 is 0 Å². The molecule has 0 aliphatic rings. The SMILES string of the molecule is CC(=O)c1cnn2cc(C(C)C)cnc12. The van der Waals surface area contributed by atoms with Gasteiger partial charge in [0.15, 0.2) is 11.4 Å². The van der Waals surface area contributed by atoms with Gasteiger partial charge in [-0.25, -0.2) is 9.50 Å². The Morgan fingerprint density at radius 2 is 2.13 bits per heavy atom. The molecule has 0 saturated carbocycles. The molecule has 0 N–H and O–H groups in total. The summed E-state index contributed by atoms with van der Waals surface area (Å²) in [5.41, 5.74) is 2.32. The van der Waals surface area contributed by atoms with E-state index in [1.54, 1.807) is 16.9 Å². The molecule has 0 fully saturated rings. The Morgan fingerprint density at radius 3 is 2.73 bits per heavy atom. The lowest BCUT2D eigenvalue weighted by molar-refractivity contribution is 0.101. The maximum Gasteiger partial charge on any atom is 0.165 e. The summed E-state index contributed by atoms with van der Waals surface area (Å²) in [5.74, 6) is 0.404. The fourth-order valence-corrected chi connectivity index (χ4v) is 1.44. The first-order chi connectivity index (χ1) is 7.09. The fraction of sp³-hybridized carbons (Fsp3) is 0.364. The first-order valence-corrected chi connectivity index (χ1v) is 4.94. The highest BCUT2D eigenvalue weighted by Crippen LogP contribution is 2.15. The lowest BCUT2D eigenvalue weighted by atomic mass is 10.1. The first-order valence-electron chi connectivity index (χ1n) is 4.94. The van der Waals surface area contributed by atoms with Crippen molar-refractivity contribution < 1.29 is 4.79 Å². The Hall–Kier alpha value is -1.71. The van der Waals surface area contributed by atoms with Crippen molar-refractivity contribution in [1.29, 1.82) is 0 Å². The highest BCUT2D eigenvalue weighted by Gasteiger charge is 2.10. The van der Waals surface area contributed by atoms with Crippen LogP contribution in [0.3, 0.4) is 0 Å². The minimum Gasteiger partial charge on any atom is -0.294 e. The Bertz CT molecular complexity index is 514. The van der Waals surface area contributed by atoms with Crippen molar-refractivity contribution in [2.45, 2.75) is 26.7 Å².